The summed E-state index contributed by atoms with van der Waals surface area (Å²) in [6.45, 7) is 4.28. The highest BCUT2D eigenvalue weighted by atomic mass is 32.2. The van der Waals surface area contributed by atoms with Crippen LogP contribution in [0.3, 0.4) is 0 Å². The second-order valence-electron chi connectivity index (χ2n) is 6.11. The van der Waals surface area contributed by atoms with Crippen LogP contribution in [0.2, 0.25) is 0 Å². The fourth-order valence-electron chi connectivity index (χ4n) is 2.13. The zero-order valence-electron chi connectivity index (χ0n) is 14.4. The molecule has 6 nitrogen and oxygen atoms in total. The van der Waals surface area contributed by atoms with Gasteiger partial charge in [0.15, 0.2) is 5.96 Å². The number of para-hydroxylation sites is 1. The summed E-state index contributed by atoms with van der Waals surface area (Å²) in [5.41, 5.74) is 1.03. The average Bonchev–Trinajstić information content (AvgIpc) is 3.34. The largest absolute Gasteiger partial charge is 0.493 e. The first-order chi connectivity index (χ1) is 11.5. The molecule has 0 radical (unpaired) electrons. The molecule has 0 bridgehead atoms. The summed E-state index contributed by atoms with van der Waals surface area (Å²) >= 11 is 0. The van der Waals surface area contributed by atoms with Crippen molar-refractivity contribution in [3.63, 3.8) is 0 Å². The van der Waals surface area contributed by atoms with Crippen LogP contribution in [0, 0.1) is 5.92 Å². The lowest BCUT2D eigenvalue weighted by Gasteiger charge is -2.12. The number of hydrogen-bond acceptors (Lipinski definition) is 4. The minimum atomic E-state index is -2.98. The van der Waals surface area contributed by atoms with Crippen molar-refractivity contribution in [1.29, 1.82) is 0 Å². The molecule has 1 aromatic carbocycles. The van der Waals surface area contributed by atoms with Crippen LogP contribution in [0.1, 0.15) is 25.3 Å². The third-order valence-electron chi connectivity index (χ3n) is 3.66. The molecule has 1 aliphatic rings. The zero-order valence-corrected chi connectivity index (χ0v) is 15.2. The van der Waals surface area contributed by atoms with Gasteiger partial charge in [0.25, 0.3) is 0 Å². The molecular formula is C17H27N3O3S. The molecule has 1 fully saturated rings. The average molecular weight is 353 g/mol. The normalized spacial score (nSPS) is 15.2. The Morgan fingerprint density at radius 3 is 2.71 bits per heavy atom. The number of ether oxygens (including phenoxy) is 1. The molecule has 2 rings (SSSR count). The maximum Gasteiger partial charge on any atom is 0.191 e. The molecule has 0 spiro atoms. The molecule has 0 amide bonds. The fraction of sp³-hybridized carbons (Fsp3) is 0.588. The molecule has 24 heavy (non-hydrogen) atoms. The van der Waals surface area contributed by atoms with Crippen molar-refractivity contribution in [3.05, 3.63) is 29.8 Å². The first kappa shape index (κ1) is 18.6. The van der Waals surface area contributed by atoms with E-state index < -0.39 is 9.84 Å². The molecule has 1 aromatic rings. The van der Waals surface area contributed by atoms with Crippen LogP contribution in [-0.2, 0) is 16.4 Å². The molecular weight excluding hydrogens is 326 g/mol. The topological polar surface area (TPSA) is 79.8 Å². The van der Waals surface area contributed by atoms with Crippen molar-refractivity contribution < 1.29 is 13.2 Å². The number of rotatable bonds is 9. The number of guanidine groups is 1. The Labute approximate surface area is 144 Å². The number of hydrogen-bond donors (Lipinski definition) is 2. The van der Waals surface area contributed by atoms with E-state index in [0.29, 0.717) is 31.5 Å². The first-order valence-corrected chi connectivity index (χ1v) is 10.4. The molecule has 0 heterocycles. The highest BCUT2D eigenvalue weighted by Crippen LogP contribution is 2.30. The first-order valence-electron chi connectivity index (χ1n) is 8.38. The number of sulfone groups is 1. The molecule has 1 aliphatic carbocycles. The van der Waals surface area contributed by atoms with Gasteiger partial charge in [-0.15, -0.1) is 0 Å². The standard InChI is InChI=1S/C17H27N3O3S/c1-3-18-17(19-10-11-24(2,21)22)20-12-15-6-4-5-7-16(15)23-13-14-8-9-14/h4-7,14H,3,8-13H2,1-2H3,(H2,18,19,20). The quantitative estimate of drug-likeness (QED) is 0.520. The molecule has 134 valence electrons. The lowest BCUT2D eigenvalue weighted by Crippen LogP contribution is -2.39. The summed E-state index contributed by atoms with van der Waals surface area (Å²) in [5.74, 6) is 2.27. The molecule has 0 unspecified atom stereocenters. The predicted octanol–water partition coefficient (Wildman–Crippen LogP) is 1.58. The van der Waals surface area contributed by atoms with Gasteiger partial charge in [-0.3, -0.25) is 0 Å². The van der Waals surface area contributed by atoms with Gasteiger partial charge in [-0.1, -0.05) is 18.2 Å². The van der Waals surface area contributed by atoms with Crippen LogP contribution in [0.5, 0.6) is 5.75 Å². The highest BCUT2D eigenvalue weighted by molar-refractivity contribution is 7.90. The molecule has 1 saturated carbocycles. The Balaban J connectivity index is 1.94. The highest BCUT2D eigenvalue weighted by Gasteiger charge is 2.22. The Bertz CT molecular complexity index is 655. The summed E-state index contributed by atoms with van der Waals surface area (Å²) in [6.07, 6.45) is 3.75. The van der Waals surface area contributed by atoms with E-state index in [4.69, 9.17) is 4.74 Å². The SMILES string of the molecule is CCNC(=NCc1ccccc1OCC1CC1)NCCS(C)(=O)=O. The van der Waals surface area contributed by atoms with Gasteiger partial charge >= 0.3 is 0 Å². The van der Waals surface area contributed by atoms with Gasteiger partial charge in [0, 0.05) is 24.9 Å². The minimum absolute atomic E-state index is 0.0818. The number of benzene rings is 1. The van der Waals surface area contributed by atoms with Crippen LogP contribution in [0.4, 0.5) is 0 Å². The van der Waals surface area contributed by atoms with E-state index in [1.54, 1.807) is 0 Å². The lowest BCUT2D eigenvalue weighted by atomic mass is 10.2. The van der Waals surface area contributed by atoms with Gasteiger partial charge in [0.2, 0.25) is 0 Å². The van der Waals surface area contributed by atoms with E-state index in [-0.39, 0.29) is 5.75 Å². The Hall–Kier alpha value is -1.76. The van der Waals surface area contributed by atoms with Gasteiger partial charge in [-0.05, 0) is 31.7 Å². The number of nitrogens with one attached hydrogen (secondary N) is 2. The van der Waals surface area contributed by atoms with E-state index >= 15 is 0 Å². The van der Waals surface area contributed by atoms with E-state index in [0.717, 1.165) is 17.9 Å². The number of aliphatic imine (C=N–C) groups is 1. The Kier molecular flexibility index (Phi) is 6.90. The number of nitrogens with zero attached hydrogens (tertiary/aromatic N) is 1. The molecule has 0 aliphatic heterocycles. The molecule has 0 atom stereocenters. The van der Waals surface area contributed by atoms with E-state index in [9.17, 15) is 8.42 Å². The predicted molar refractivity (Wildman–Crippen MR) is 97.2 cm³/mol. The van der Waals surface area contributed by atoms with E-state index in [1.165, 1.54) is 19.1 Å². The molecule has 0 saturated heterocycles. The smallest absolute Gasteiger partial charge is 0.191 e. The third-order valence-corrected chi connectivity index (χ3v) is 4.61. The lowest BCUT2D eigenvalue weighted by molar-refractivity contribution is 0.297. The second-order valence-corrected chi connectivity index (χ2v) is 8.37. The van der Waals surface area contributed by atoms with Gasteiger partial charge < -0.3 is 15.4 Å². The molecule has 2 N–H and O–H groups in total. The van der Waals surface area contributed by atoms with Gasteiger partial charge in [0.05, 0.1) is 18.9 Å². The van der Waals surface area contributed by atoms with E-state index in [1.807, 2.05) is 31.2 Å². The van der Waals surface area contributed by atoms with Crippen LogP contribution < -0.4 is 15.4 Å². The van der Waals surface area contributed by atoms with E-state index in [2.05, 4.69) is 15.6 Å². The van der Waals surface area contributed by atoms with Crippen molar-refractivity contribution in [2.45, 2.75) is 26.3 Å². The van der Waals surface area contributed by atoms with Crippen LogP contribution in [0.25, 0.3) is 0 Å². The summed E-state index contributed by atoms with van der Waals surface area (Å²) < 4.78 is 28.3. The second kappa shape index (κ2) is 8.92. The summed E-state index contributed by atoms with van der Waals surface area (Å²) in [6, 6.07) is 7.91. The van der Waals surface area contributed by atoms with Crippen molar-refractivity contribution in [2.24, 2.45) is 10.9 Å². The van der Waals surface area contributed by atoms with Gasteiger partial charge in [0.1, 0.15) is 15.6 Å². The maximum atomic E-state index is 11.2. The Morgan fingerprint density at radius 2 is 2.04 bits per heavy atom. The van der Waals surface area contributed by atoms with Gasteiger partial charge in [-0.25, -0.2) is 13.4 Å². The van der Waals surface area contributed by atoms with Crippen molar-refractivity contribution >= 4 is 15.8 Å². The van der Waals surface area contributed by atoms with Crippen LogP contribution in [0.15, 0.2) is 29.3 Å². The summed E-state index contributed by atoms with van der Waals surface area (Å²) in [5, 5.41) is 6.17. The van der Waals surface area contributed by atoms with Crippen LogP contribution in [-0.4, -0.2) is 46.1 Å². The molecule has 7 heteroatoms. The van der Waals surface area contributed by atoms with Crippen molar-refractivity contribution in [3.8, 4) is 5.75 Å². The summed E-state index contributed by atoms with van der Waals surface area (Å²) in [7, 11) is -2.98. The third kappa shape index (κ3) is 7.21. The monoisotopic (exact) mass is 353 g/mol. The van der Waals surface area contributed by atoms with Crippen molar-refractivity contribution in [2.75, 3.05) is 31.7 Å². The molecule has 0 aromatic heterocycles. The summed E-state index contributed by atoms with van der Waals surface area (Å²) in [4.78, 5) is 4.53. The Morgan fingerprint density at radius 1 is 1.29 bits per heavy atom. The fourth-order valence-corrected chi connectivity index (χ4v) is 2.60. The van der Waals surface area contributed by atoms with Crippen molar-refractivity contribution in [1.82, 2.24) is 10.6 Å². The zero-order chi connectivity index (χ0) is 17.4. The van der Waals surface area contributed by atoms with Crippen LogP contribution >= 0.6 is 0 Å². The van der Waals surface area contributed by atoms with Gasteiger partial charge in [-0.2, -0.15) is 0 Å². The maximum absolute atomic E-state index is 11.2. The minimum Gasteiger partial charge on any atom is -0.493 e.